The molecular weight excluding hydrogens is 334 g/mol. The van der Waals surface area contributed by atoms with Crippen LogP contribution in [0.1, 0.15) is 25.5 Å². The topological polar surface area (TPSA) is 56.1 Å². The molecule has 0 fully saturated rings. The van der Waals surface area contributed by atoms with Crippen LogP contribution in [0.5, 0.6) is 5.75 Å². The standard InChI is InChI=1S/C16H20ClN3O2S/c1-10(2)20-6-5-18-16(20)23-9-15(21)19-13-7-11(3)12(17)8-14(13)22-4/h5-8,10H,9H2,1-4H3,(H,19,21). The van der Waals surface area contributed by atoms with Crippen LogP contribution >= 0.6 is 23.4 Å². The number of benzene rings is 1. The highest BCUT2D eigenvalue weighted by molar-refractivity contribution is 7.99. The van der Waals surface area contributed by atoms with Gasteiger partial charge in [-0.1, -0.05) is 23.4 Å². The minimum Gasteiger partial charge on any atom is -0.495 e. The van der Waals surface area contributed by atoms with Crippen LogP contribution in [0.2, 0.25) is 5.02 Å². The van der Waals surface area contributed by atoms with E-state index in [1.807, 2.05) is 17.7 Å². The largest absolute Gasteiger partial charge is 0.495 e. The number of amides is 1. The van der Waals surface area contributed by atoms with Crippen molar-refractivity contribution in [2.75, 3.05) is 18.2 Å². The molecule has 1 aromatic heterocycles. The van der Waals surface area contributed by atoms with Crippen molar-refractivity contribution in [3.05, 3.63) is 35.1 Å². The van der Waals surface area contributed by atoms with Gasteiger partial charge in [0.15, 0.2) is 5.16 Å². The molecule has 0 atom stereocenters. The second-order valence-corrected chi connectivity index (χ2v) is 6.70. The van der Waals surface area contributed by atoms with E-state index in [-0.39, 0.29) is 11.7 Å². The van der Waals surface area contributed by atoms with Crippen molar-refractivity contribution < 1.29 is 9.53 Å². The summed E-state index contributed by atoms with van der Waals surface area (Å²) in [7, 11) is 1.55. The number of aryl methyl sites for hydroxylation is 1. The molecule has 7 heteroatoms. The third-order valence-corrected chi connectivity index (χ3v) is 4.66. The second kappa shape index (κ2) is 7.75. The molecule has 2 rings (SSSR count). The fourth-order valence-electron chi connectivity index (χ4n) is 2.05. The van der Waals surface area contributed by atoms with E-state index < -0.39 is 0 Å². The zero-order valence-corrected chi connectivity index (χ0v) is 15.2. The minimum absolute atomic E-state index is 0.117. The lowest BCUT2D eigenvalue weighted by Crippen LogP contribution is -2.15. The SMILES string of the molecule is COc1cc(Cl)c(C)cc1NC(=O)CSc1nccn1C(C)C. The molecule has 0 aliphatic rings. The summed E-state index contributed by atoms with van der Waals surface area (Å²) < 4.78 is 7.29. The third-order valence-electron chi connectivity index (χ3n) is 3.28. The summed E-state index contributed by atoms with van der Waals surface area (Å²) in [4.78, 5) is 16.5. The summed E-state index contributed by atoms with van der Waals surface area (Å²) in [5.41, 5.74) is 1.50. The number of hydrogen-bond donors (Lipinski definition) is 1. The van der Waals surface area contributed by atoms with Crippen molar-refractivity contribution in [1.29, 1.82) is 0 Å². The summed E-state index contributed by atoms with van der Waals surface area (Å²) >= 11 is 7.47. The van der Waals surface area contributed by atoms with E-state index in [9.17, 15) is 4.79 Å². The van der Waals surface area contributed by atoms with Gasteiger partial charge in [0.2, 0.25) is 5.91 Å². The molecule has 0 aliphatic heterocycles. The smallest absolute Gasteiger partial charge is 0.234 e. The molecule has 0 aliphatic carbocycles. The quantitative estimate of drug-likeness (QED) is 0.792. The van der Waals surface area contributed by atoms with E-state index >= 15 is 0 Å². The lowest BCUT2D eigenvalue weighted by atomic mass is 10.2. The molecule has 1 aromatic carbocycles. The van der Waals surface area contributed by atoms with Gasteiger partial charge in [-0.25, -0.2) is 4.98 Å². The molecule has 1 amide bonds. The molecule has 5 nitrogen and oxygen atoms in total. The van der Waals surface area contributed by atoms with Gasteiger partial charge >= 0.3 is 0 Å². The summed E-state index contributed by atoms with van der Waals surface area (Å²) in [6.07, 6.45) is 3.66. The lowest BCUT2D eigenvalue weighted by molar-refractivity contribution is -0.113. The number of hydrogen-bond acceptors (Lipinski definition) is 4. The minimum atomic E-state index is -0.117. The molecule has 0 radical (unpaired) electrons. The molecule has 0 spiro atoms. The number of ether oxygens (including phenoxy) is 1. The van der Waals surface area contributed by atoms with E-state index in [1.165, 1.54) is 11.8 Å². The van der Waals surface area contributed by atoms with Gasteiger partial charge < -0.3 is 14.6 Å². The van der Waals surface area contributed by atoms with Crippen molar-refractivity contribution in [2.24, 2.45) is 0 Å². The Hall–Kier alpha value is -1.66. The molecular formula is C16H20ClN3O2S. The molecule has 0 saturated carbocycles. The molecule has 2 aromatic rings. The molecule has 124 valence electrons. The number of aromatic nitrogens is 2. The number of halogens is 1. The molecule has 23 heavy (non-hydrogen) atoms. The number of carbonyl (C=O) groups excluding carboxylic acids is 1. The summed E-state index contributed by atoms with van der Waals surface area (Å²) in [6, 6.07) is 3.81. The number of nitrogens with zero attached hydrogens (tertiary/aromatic N) is 2. The maximum Gasteiger partial charge on any atom is 0.234 e. The van der Waals surface area contributed by atoms with E-state index in [2.05, 4.69) is 24.1 Å². The summed E-state index contributed by atoms with van der Waals surface area (Å²) in [5, 5.41) is 4.29. The third kappa shape index (κ3) is 4.42. The van der Waals surface area contributed by atoms with E-state index in [0.29, 0.717) is 22.5 Å². The van der Waals surface area contributed by atoms with Crippen molar-refractivity contribution >= 4 is 35.0 Å². The number of rotatable bonds is 6. The summed E-state index contributed by atoms with van der Waals surface area (Å²) in [6.45, 7) is 6.03. The van der Waals surface area contributed by atoms with Gasteiger partial charge in [0, 0.05) is 29.5 Å². The first kappa shape index (κ1) is 17.7. The Kier molecular flexibility index (Phi) is 5.96. The Morgan fingerprint density at radius 3 is 2.87 bits per heavy atom. The first-order chi connectivity index (χ1) is 10.9. The van der Waals surface area contributed by atoms with Crippen molar-refractivity contribution in [3.8, 4) is 5.75 Å². The van der Waals surface area contributed by atoms with E-state index in [1.54, 1.807) is 25.4 Å². The van der Waals surface area contributed by atoms with Gasteiger partial charge in [0.05, 0.1) is 18.6 Å². The van der Waals surface area contributed by atoms with E-state index in [4.69, 9.17) is 16.3 Å². The van der Waals surface area contributed by atoms with Gasteiger partial charge in [0.25, 0.3) is 0 Å². The molecule has 0 bridgehead atoms. The van der Waals surface area contributed by atoms with Crippen LogP contribution in [0.25, 0.3) is 0 Å². The fraction of sp³-hybridized carbons (Fsp3) is 0.375. The van der Waals surface area contributed by atoms with Gasteiger partial charge in [-0.3, -0.25) is 4.79 Å². The predicted octanol–water partition coefficient (Wildman–Crippen LogP) is 4.17. The lowest BCUT2D eigenvalue weighted by Gasteiger charge is -2.13. The van der Waals surface area contributed by atoms with Crippen LogP contribution in [0.4, 0.5) is 5.69 Å². The first-order valence-corrected chi connectivity index (χ1v) is 8.58. The number of methoxy groups -OCH3 is 1. The highest BCUT2D eigenvalue weighted by atomic mass is 35.5. The maximum atomic E-state index is 12.2. The van der Waals surface area contributed by atoms with Crippen molar-refractivity contribution in [3.63, 3.8) is 0 Å². The zero-order valence-electron chi connectivity index (χ0n) is 13.6. The van der Waals surface area contributed by atoms with Crippen molar-refractivity contribution in [2.45, 2.75) is 32.0 Å². The fourth-order valence-corrected chi connectivity index (χ4v) is 3.09. The number of anilines is 1. The monoisotopic (exact) mass is 353 g/mol. The Morgan fingerprint density at radius 2 is 2.22 bits per heavy atom. The Bertz CT molecular complexity index is 701. The molecule has 0 saturated heterocycles. The van der Waals surface area contributed by atoms with Gasteiger partial charge in [-0.2, -0.15) is 0 Å². The Labute approximate surface area is 145 Å². The molecule has 0 unspecified atom stereocenters. The molecule has 1 heterocycles. The zero-order chi connectivity index (χ0) is 17.0. The molecule has 1 N–H and O–H groups in total. The highest BCUT2D eigenvalue weighted by Gasteiger charge is 2.13. The van der Waals surface area contributed by atoms with E-state index in [0.717, 1.165) is 10.7 Å². The van der Waals surface area contributed by atoms with Crippen LogP contribution in [0, 0.1) is 6.92 Å². The Morgan fingerprint density at radius 1 is 1.48 bits per heavy atom. The number of nitrogens with one attached hydrogen (secondary N) is 1. The van der Waals surface area contributed by atoms with Crippen LogP contribution < -0.4 is 10.1 Å². The number of carbonyl (C=O) groups is 1. The van der Waals surface area contributed by atoms with Gasteiger partial charge in [0.1, 0.15) is 5.75 Å². The second-order valence-electron chi connectivity index (χ2n) is 5.35. The van der Waals surface area contributed by atoms with Crippen molar-refractivity contribution in [1.82, 2.24) is 9.55 Å². The first-order valence-electron chi connectivity index (χ1n) is 7.22. The highest BCUT2D eigenvalue weighted by Crippen LogP contribution is 2.31. The normalized spacial score (nSPS) is 10.9. The van der Waals surface area contributed by atoms with Crippen LogP contribution in [-0.2, 0) is 4.79 Å². The van der Waals surface area contributed by atoms with Gasteiger partial charge in [-0.05, 0) is 32.4 Å². The van der Waals surface area contributed by atoms with Crippen LogP contribution in [0.3, 0.4) is 0 Å². The van der Waals surface area contributed by atoms with Crippen LogP contribution in [0.15, 0.2) is 29.7 Å². The number of imidazole rings is 1. The van der Waals surface area contributed by atoms with Crippen LogP contribution in [-0.4, -0.2) is 28.3 Å². The summed E-state index contributed by atoms with van der Waals surface area (Å²) in [5.74, 6) is 0.699. The number of thioether (sulfide) groups is 1. The Balaban J connectivity index is 2.03. The van der Waals surface area contributed by atoms with Gasteiger partial charge in [-0.15, -0.1) is 0 Å². The average molecular weight is 354 g/mol. The average Bonchev–Trinajstić information content (AvgIpc) is 2.97. The predicted molar refractivity (Wildman–Crippen MR) is 94.7 cm³/mol. The maximum absolute atomic E-state index is 12.2.